The zero-order valence-corrected chi connectivity index (χ0v) is 20.2. The summed E-state index contributed by atoms with van der Waals surface area (Å²) in [7, 11) is -3.60. The molecule has 1 aliphatic carbocycles. The second kappa shape index (κ2) is 8.47. The largest absolute Gasteiger partial charge is 0.390 e. The van der Waals surface area contributed by atoms with Crippen LogP contribution in [0.4, 0.5) is 0 Å². The highest BCUT2D eigenvalue weighted by Gasteiger charge is 2.46. The molecular weight excluding hydrogens is 448 g/mol. The van der Waals surface area contributed by atoms with Gasteiger partial charge in [-0.2, -0.15) is 0 Å². The number of hydrogen-bond acceptors (Lipinski definition) is 5. The number of fused-ring (bicyclic) bond motifs is 1. The lowest BCUT2D eigenvalue weighted by Crippen LogP contribution is -2.47. The van der Waals surface area contributed by atoms with E-state index in [1.54, 1.807) is 53.6 Å². The Hall–Kier alpha value is -2.77. The Kier molecular flexibility index (Phi) is 5.73. The van der Waals surface area contributed by atoms with Crippen molar-refractivity contribution in [2.24, 2.45) is 5.41 Å². The van der Waals surface area contributed by atoms with Crippen molar-refractivity contribution in [2.75, 3.05) is 13.1 Å². The minimum atomic E-state index is -3.60. The van der Waals surface area contributed by atoms with Gasteiger partial charge in [-0.05, 0) is 67.3 Å². The van der Waals surface area contributed by atoms with Crippen LogP contribution in [0.5, 0.6) is 0 Å². The molecule has 2 heterocycles. The Morgan fingerprint density at radius 2 is 1.68 bits per heavy atom. The number of aromatic nitrogens is 1. The van der Waals surface area contributed by atoms with Crippen molar-refractivity contribution in [1.82, 2.24) is 9.88 Å². The van der Waals surface area contributed by atoms with Gasteiger partial charge >= 0.3 is 0 Å². The van der Waals surface area contributed by atoms with Crippen molar-refractivity contribution < 1.29 is 18.3 Å². The predicted octanol–water partition coefficient (Wildman–Crippen LogP) is 4.37. The molecule has 1 saturated heterocycles. The average Bonchev–Trinajstić information content (AvgIpc) is 3.54. The summed E-state index contributed by atoms with van der Waals surface area (Å²) in [6.07, 6.45) is 5.97. The first-order valence-electron chi connectivity index (χ1n) is 11.8. The molecule has 0 atom stereocenters. The third kappa shape index (κ3) is 4.72. The third-order valence-corrected chi connectivity index (χ3v) is 9.04. The van der Waals surface area contributed by atoms with Crippen molar-refractivity contribution in [3.05, 3.63) is 71.9 Å². The van der Waals surface area contributed by atoms with Gasteiger partial charge in [0, 0.05) is 30.2 Å². The van der Waals surface area contributed by atoms with E-state index in [1.807, 2.05) is 12.1 Å². The van der Waals surface area contributed by atoms with Gasteiger partial charge in [-0.3, -0.25) is 9.78 Å². The first-order valence-corrected chi connectivity index (χ1v) is 13.5. The number of benzene rings is 2. The smallest absolute Gasteiger partial charge is 0.253 e. The molecule has 1 amide bonds. The van der Waals surface area contributed by atoms with Gasteiger partial charge in [0.1, 0.15) is 0 Å². The minimum Gasteiger partial charge on any atom is -0.390 e. The molecule has 7 heteroatoms. The number of nitrogens with zero attached hydrogens (tertiary/aromatic N) is 2. The van der Waals surface area contributed by atoms with E-state index >= 15 is 0 Å². The van der Waals surface area contributed by atoms with Crippen LogP contribution < -0.4 is 0 Å². The average molecular weight is 479 g/mol. The van der Waals surface area contributed by atoms with Crippen molar-refractivity contribution in [3.8, 4) is 0 Å². The number of aliphatic hydroxyl groups is 1. The molecule has 1 aliphatic heterocycles. The summed E-state index contributed by atoms with van der Waals surface area (Å²) >= 11 is 0. The van der Waals surface area contributed by atoms with E-state index in [1.165, 1.54) is 12.8 Å². The first-order chi connectivity index (χ1) is 16.2. The molecule has 178 valence electrons. The number of amides is 1. The Balaban J connectivity index is 1.25. The lowest BCUT2D eigenvalue weighted by atomic mass is 9.82. The molecule has 34 heavy (non-hydrogen) atoms. The van der Waals surface area contributed by atoms with E-state index in [0.717, 1.165) is 11.8 Å². The van der Waals surface area contributed by atoms with Crippen LogP contribution in [-0.2, 0) is 15.6 Å². The van der Waals surface area contributed by atoms with Gasteiger partial charge in [-0.15, -0.1) is 0 Å². The molecule has 1 saturated carbocycles. The number of carbonyl (C=O) groups is 1. The van der Waals surface area contributed by atoms with Crippen LogP contribution in [0, 0.1) is 5.41 Å². The molecule has 0 spiro atoms. The Morgan fingerprint density at radius 3 is 2.35 bits per heavy atom. The second-order valence-electron chi connectivity index (χ2n) is 10.3. The van der Waals surface area contributed by atoms with Gasteiger partial charge in [0.2, 0.25) is 0 Å². The maximum atomic E-state index is 13.1. The normalized spacial score (nSPS) is 19.2. The van der Waals surface area contributed by atoms with Crippen LogP contribution in [0.1, 0.15) is 54.9 Å². The van der Waals surface area contributed by atoms with E-state index in [-0.39, 0.29) is 22.0 Å². The van der Waals surface area contributed by atoms with Crippen molar-refractivity contribution in [1.29, 1.82) is 0 Å². The van der Waals surface area contributed by atoms with Crippen LogP contribution in [0.25, 0.3) is 10.9 Å². The van der Waals surface area contributed by atoms with Crippen LogP contribution >= 0.6 is 0 Å². The molecule has 6 nitrogen and oxygen atoms in total. The maximum absolute atomic E-state index is 13.1. The number of hydrogen-bond donors (Lipinski definition) is 1. The maximum Gasteiger partial charge on any atom is 0.253 e. The fourth-order valence-corrected chi connectivity index (χ4v) is 6.58. The molecule has 0 bridgehead atoms. The lowest BCUT2D eigenvalue weighted by Gasteiger charge is -2.39. The standard InChI is InChI=1S/C27H30N2O4S/c1-26(11-12-26)19-27(31)13-16-29(17-14-27)25(30)22-9-7-20(8-10-22)18-34(32,33)23-6-2-4-21-5-3-15-28-24(21)23/h2-10,15,31H,11-14,16-19H2,1H3. The summed E-state index contributed by atoms with van der Waals surface area (Å²) in [4.78, 5) is 19.3. The number of piperidine rings is 1. The van der Waals surface area contributed by atoms with Gasteiger partial charge in [0.15, 0.2) is 9.84 Å². The number of likely N-dealkylation sites (tertiary alicyclic amines) is 1. The van der Waals surface area contributed by atoms with Gasteiger partial charge in [-0.1, -0.05) is 37.3 Å². The Labute approximate surface area is 200 Å². The molecule has 3 aromatic rings. The summed E-state index contributed by atoms with van der Waals surface area (Å²) in [5.41, 5.74) is 1.23. The number of carbonyl (C=O) groups excluding carboxylic acids is 1. The zero-order chi connectivity index (χ0) is 24.0. The number of para-hydroxylation sites is 1. The van der Waals surface area contributed by atoms with Crippen molar-refractivity contribution in [2.45, 2.75) is 55.3 Å². The first kappa shape index (κ1) is 23.0. The number of sulfone groups is 1. The molecule has 0 unspecified atom stereocenters. The van der Waals surface area contributed by atoms with E-state index in [4.69, 9.17) is 0 Å². The monoisotopic (exact) mass is 478 g/mol. The summed E-state index contributed by atoms with van der Waals surface area (Å²) in [6.45, 7) is 3.30. The summed E-state index contributed by atoms with van der Waals surface area (Å²) in [5, 5.41) is 11.7. The minimum absolute atomic E-state index is 0.0765. The highest BCUT2D eigenvalue weighted by Crippen LogP contribution is 2.52. The van der Waals surface area contributed by atoms with Crippen LogP contribution in [-0.4, -0.2) is 48.0 Å². The molecule has 0 radical (unpaired) electrons. The number of pyridine rings is 1. The van der Waals surface area contributed by atoms with E-state index in [2.05, 4.69) is 11.9 Å². The van der Waals surface area contributed by atoms with Gasteiger partial charge in [-0.25, -0.2) is 8.42 Å². The summed E-state index contributed by atoms with van der Waals surface area (Å²) < 4.78 is 26.2. The molecule has 1 N–H and O–H groups in total. The molecule has 1 aromatic heterocycles. The highest BCUT2D eigenvalue weighted by molar-refractivity contribution is 7.90. The van der Waals surface area contributed by atoms with Gasteiger partial charge in [0.05, 0.1) is 21.8 Å². The third-order valence-electron chi connectivity index (χ3n) is 7.33. The predicted molar refractivity (Wildman–Crippen MR) is 131 cm³/mol. The Morgan fingerprint density at radius 1 is 1.00 bits per heavy atom. The fraction of sp³-hybridized carbons (Fsp3) is 0.407. The zero-order valence-electron chi connectivity index (χ0n) is 19.4. The quantitative estimate of drug-likeness (QED) is 0.569. The van der Waals surface area contributed by atoms with E-state index in [0.29, 0.717) is 42.6 Å². The lowest BCUT2D eigenvalue weighted by molar-refractivity contribution is -0.0355. The van der Waals surface area contributed by atoms with Crippen molar-refractivity contribution >= 4 is 26.6 Å². The summed E-state index contributed by atoms with van der Waals surface area (Å²) in [5.74, 6) is -0.237. The molecule has 5 rings (SSSR count). The molecule has 2 fully saturated rings. The number of rotatable bonds is 6. The van der Waals surface area contributed by atoms with Gasteiger partial charge in [0.25, 0.3) is 5.91 Å². The van der Waals surface area contributed by atoms with E-state index in [9.17, 15) is 18.3 Å². The van der Waals surface area contributed by atoms with Crippen LogP contribution in [0.3, 0.4) is 0 Å². The summed E-state index contributed by atoms with van der Waals surface area (Å²) in [6, 6.07) is 15.6. The topological polar surface area (TPSA) is 87.6 Å². The van der Waals surface area contributed by atoms with Crippen LogP contribution in [0.15, 0.2) is 65.7 Å². The van der Waals surface area contributed by atoms with Crippen molar-refractivity contribution in [3.63, 3.8) is 0 Å². The second-order valence-corrected chi connectivity index (χ2v) is 12.2. The molecular formula is C27H30N2O4S. The Bertz CT molecular complexity index is 1320. The van der Waals surface area contributed by atoms with E-state index < -0.39 is 15.4 Å². The molecule has 2 aromatic carbocycles. The van der Waals surface area contributed by atoms with Crippen LogP contribution in [0.2, 0.25) is 0 Å². The highest BCUT2D eigenvalue weighted by atomic mass is 32.2. The van der Waals surface area contributed by atoms with Gasteiger partial charge < -0.3 is 10.0 Å². The molecule has 2 aliphatic rings. The fourth-order valence-electron chi connectivity index (χ4n) is 5.04. The SMILES string of the molecule is CC1(CC2(O)CCN(C(=O)c3ccc(CS(=O)(=O)c4cccc5cccnc45)cc3)CC2)CC1.